The fourth-order valence-corrected chi connectivity index (χ4v) is 3.42. The molecule has 106 valence electrons. The number of piperidine rings is 1. The van der Waals surface area contributed by atoms with Gasteiger partial charge in [0, 0.05) is 18.8 Å². The van der Waals surface area contributed by atoms with E-state index in [9.17, 15) is 0 Å². The Morgan fingerprint density at radius 1 is 1.42 bits per heavy atom. The van der Waals surface area contributed by atoms with Crippen LogP contribution in [-0.4, -0.2) is 41.1 Å². The molecule has 0 amide bonds. The molecule has 2 aliphatic rings. The van der Waals surface area contributed by atoms with Gasteiger partial charge >= 0.3 is 0 Å². The molecule has 0 saturated carbocycles. The van der Waals surface area contributed by atoms with Gasteiger partial charge in [-0.2, -0.15) is 0 Å². The first-order chi connectivity index (χ1) is 9.16. The Morgan fingerprint density at radius 3 is 2.89 bits per heavy atom. The first-order valence-electron chi connectivity index (χ1n) is 7.58. The van der Waals surface area contributed by atoms with Gasteiger partial charge in [-0.3, -0.25) is 0 Å². The van der Waals surface area contributed by atoms with Crippen molar-refractivity contribution < 1.29 is 0 Å². The van der Waals surface area contributed by atoms with Gasteiger partial charge in [0.1, 0.15) is 0 Å². The third kappa shape index (κ3) is 2.84. The Balaban J connectivity index is 1.71. The van der Waals surface area contributed by atoms with Crippen LogP contribution < -0.4 is 5.32 Å². The van der Waals surface area contributed by atoms with Gasteiger partial charge in [-0.15, -0.1) is 0 Å². The summed E-state index contributed by atoms with van der Waals surface area (Å²) < 4.78 is 2.40. The Kier molecular flexibility index (Phi) is 3.63. The number of rotatable bonds is 3. The molecular weight excluding hydrogens is 236 g/mol. The van der Waals surface area contributed by atoms with E-state index >= 15 is 0 Å². The Morgan fingerprint density at radius 2 is 2.21 bits per heavy atom. The molecule has 0 spiro atoms. The van der Waals surface area contributed by atoms with Crippen molar-refractivity contribution in [2.45, 2.75) is 45.2 Å². The topological polar surface area (TPSA) is 33.1 Å². The predicted molar refractivity (Wildman–Crippen MR) is 77.0 cm³/mol. The molecule has 4 nitrogen and oxygen atoms in total. The van der Waals surface area contributed by atoms with Crippen LogP contribution >= 0.6 is 0 Å². The number of nitrogens with one attached hydrogen (secondary N) is 1. The normalized spacial score (nSPS) is 27.8. The third-order valence-corrected chi connectivity index (χ3v) is 4.91. The van der Waals surface area contributed by atoms with Crippen LogP contribution in [0, 0.1) is 5.41 Å². The molecule has 0 radical (unpaired) electrons. The van der Waals surface area contributed by atoms with Crippen molar-refractivity contribution >= 4 is 0 Å². The van der Waals surface area contributed by atoms with Crippen LogP contribution in [0.1, 0.15) is 44.3 Å². The molecule has 19 heavy (non-hydrogen) atoms. The van der Waals surface area contributed by atoms with Crippen LogP contribution in [0.2, 0.25) is 0 Å². The van der Waals surface area contributed by atoms with Gasteiger partial charge in [-0.05, 0) is 57.8 Å². The van der Waals surface area contributed by atoms with Crippen molar-refractivity contribution in [3.05, 3.63) is 18.2 Å². The standard InChI is InChI=1S/C15H26N4/c1-15(5-8-18(2)9-6-15)11-19-12-16-10-14(19)13-4-3-7-17-13/h10,12-13,17H,3-9,11H2,1-2H3. The van der Waals surface area contributed by atoms with E-state index in [1.807, 2.05) is 6.33 Å². The second-order valence-corrected chi connectivity index (χ2v) is 6.71. The average Bonchev–Trinajstić information content (AvgIpc) is 3.03. The van der Waals surface area contributed by atoms with E-state index in [1.54, 1.807) is 0 Å². The number of aromatic nitrogens is 2. The summed E-state index contributed by atoms with van der Waals surface area (Å²) in [5.41, 5.74) is 1.82. The van der Waals surface area contributed by atoms with Gasteiger partial charge in [0.2, 0.25) is 0 Å². The van der Waals surface area contributed by atoms with E-state index in [0.717, 1.165) is 13.1 Å². The molecule has 4 heteroatoms. The average molecular weight is 262 g/mol. The zero-order chi connectivity index (χ0) is 13.3. The van der Waals surface area contributed by atoms with Crippen molar-refractivity contribution in [1.29, 1.82) is 0 Å². The highest BCUT2D eigenvalue weighted by Crippen LogP contribution is 2.33. The summed E-state index contributed by atoms with van der Waals surface area (Å²) >= 11 is 0. The number of imidazole rings is 1. The zero-order valence-corrected chi connectivity index (χ0v) is 12.2. The monoisotopic (exact) mass is 262 g/mol. The second kappa shape index (κ2) is 5.25. The van der Waals surface area contributed by atoms with Crippen LogP contribution in [0.25, 0.3) is 0 Å². The fourth-order valence-electron chi connectivity index (χ4n) is 3.42. The molecule has 1 atom stereocenters. The number of hydrogen-bond acceptors (Lipinski definition) is 3. The quantitative estimate of drug-likeness (QED) is 0.905. The Hall–Kier alpha value is -0.870. The lowest BCUT2D eigenvalue weighted by Gasteiger charge is -2.38. The van der Waals surface area contributed by atoms with Crippen molar-refractivity contribution in [2.75, 3.05) is 26.7 Å². The van der Waals surface area contributed by atoms with Crippen molar-refractivity contribution in [1.82, 2.24) is 19.8 Å². The molecule has 3 heterocycles. The predicted octanol–water partition coefficient (Wildman–Crippen LogP) is 2.04. The molecule has 1 aromatic rings. The molecule has 0 aromatic carbocycles. The number of hydrogen-bond donors (Lipinski definition) is 1. The summed E-state index contributed by atoms with van der Waals surface area (Å²) in [5, 5.41) is 3.59. The Bertz CT molecular complexity index is 412. The maximum absolute atomic E-state index is 4.39. The molecule has 2 aliphatic heterocycles. The summed E-state index contributed by atoms with van der Waals surface area (Å²) in [6.45, 7) is 7.16. The van der Waals surface area contributed by atoms with E-state index < -0.39 is 0 Å². The zero-order valence-electron chi connectivity index (χ0n) is 12.2. The minimum Gasteiger partial charge on any atom is -0.333 e. The highest BCUT2D eigenvalue weighted by molar-refractivity contribution is 5.08. The second-order valence-electron chi connectivity index (χ2n) is 6.71. The summed E-state index contributed by atoms with van der Waals surface area (Å²) in [6, 6.07) is 0.525. The summed E-state index contributed by atoms with van der Waals surface area (Å²) in [7, 11) is 2.23. The Labute approximate surface area is 116 Å². The highest BCUT2D eigenvalue weighted by Gasteiger charge is 2.30. The van der Waals surface area contributed by atoms with E-state index in [4.69, 9.17) is 0 Å². The van der Waals surface area contributed by atoms with Gasteiger partial charge in [0.15, 0.2) is 0 Å². The molecular formula is C15H26N4. The van der Waals surface area contributed by atoms with Crippen LogP contribution in [0.15, 0.2) is 12.5 Å². The maximum atomic E-state index is 4.39. The smallest absolute Gasteiger partial charge is 0.0948 e. The van der Waals surface area contributed by atoms with Gasteiger partial charge in [0.25, 0.3) is 0 Å². The largest absolute Gasteiger partial charge is 0.333 e. The summed E-state index contributed by atoms with van der Waals surface area (Å²) in [5.74, 6) is 0. The molecule has 0 aliphatic carbocycles. The van der Waals surface area contributed by atoms with E-state index in [2.05, 4.69) is 39.9 Å². The van der Waals surface area contributed by atoms with Gasteiger partial charge in [-0.25, -0.2) is 4.98 Å². The number of likely N-dealkylation sites (tertiary alicyclic amines) is 1. The number of nitrogens with zero attached hydrogens (tertiary/aromatic N) is 3. The lowest BCUT2D eigenvalue weighted by Crippen LogP contribution is -2.39. The van der Waals surface area contributed by atoms with Gasteiger partial charge in [0.05, 0.1) is 12.0 Å². The van der Waals surface area contributed by atoms with Crippen LogP contribution in [0.3, 0.4) is 0 Å². The van der Waals surface area contributed by atoms with Crippen LogP contribution in [0.4, 0.5) is 0 Å². The highest BCUT2D eigenvalue weighted by atomic mass is 15.1. The molecule has 1 unspecified atom stereocenters. The molecule has 2 saturated heterocycles. The van der Waals surface area contributed by atoms with E-state index in [0.29, 0.717) is 11.5 Å². The SMILES string of the molecule is CN1CCC(C)(Cn2cncc2C2CCCN2)CC1. The van der Waals surface area contributed by atoms with Gasteiger partial charge in [-0.1, -0.05) is 6.92 Å². The maximum Gasteiger partial charge on any atom is 0.0948 e. The van der Waals surface area contributed by atoms with Gasteiger partial charge < -0.3 is 14.8 Å². The van der Waals surface area contributed by atoms with E-state index in [1.165, 1.54) is 44.5 Å². The summed E-state index contributed by atoms with van der Waals surface area (Å²) in [4.78, 5) is 6.83. The fraction of sp³-hybridized carbons (Fsp3) is 0.800. The third-order valence-electron chi connectivity index (χ3n) is 4.91. The molecule has 1 aromatic heterocycles. The lowest BCUT2D eigenvalue weighted by molar-refractivity contribution is 0.119. The van der Waals surface area contributed by atoms with Crippen molar-refractivity contribution in [2.24, 2.45) is 5.41 Å². The minimum atomic E-state index is 0.431. The molecule has 3 rings (SSSR count). The first-order valence-corrected chi connectivity index (χ1v) is 7.58. The summed E-state index contributed by atoms with van der Waals surface area (Å²) in [6.07, 6.45) is 9.21. The molecule has 2 fully saturated rings. The minimum absolute atomic E-state index is 0.431. The first kappa shape index (κ1) is 13.1. The van der Waals surface area contributed by atoms with Crippen molar-refractivity contribution in [3.8, 4) is 0 Å². The molecule has 1 N–H and O–H groups in total. The van der Waals surface area contributed by atoms with Crippen molar-refractivity contribution in [3.63, 3.8) is 0 Å². The van der Waals surface area contributed by atoms with E-state index in [-0.39, 0.29) is 0 Å². The molecule has 0 bridgehead atoms. The van der Waals surface area contributed by atoms with Crippen LogP contribution in [-0.2, 0) is 6.54 Å². The van der Waals surface area contributed by atoms with Crippen LogP contribution in [0.5, 0.6) is 0 Å². The lowest BCUT2D eigenvalue weighted by atomic mass is 9.80.